The Balaban J connectivity index is 0.00000392. The van der Waals surface area contributed by atoms with E-state index < -0.39 is 0 Å². The van der Waals surface area contributed by atoms with Gasteiger partial charge in [0.05, 0.1) is 24.4 Å². The van der Waals surface area contributed by atoms with Crippen molar-refractivity contribution in [2.24, 2.45) is 4.99 Å². The summed E-state index contributed by atoms with van der Waals surface area (Å²) in [5.41, 5.74) is 3.39. The first-order valence-corrected chi connectivity index (χ1v) is 10.3. The third-order valence-corrected chi connectivity index (χ3v) is 4.78. The zero-order chi connectivity index (χ0) is 19.9. The monoisotopic (exact) mass is 516 g/mol. The zero-order valence-corrected chi connectivity index (χ0v) is 20.9. The lowest BCUT2D eigenvalue weighted by atomic mass is 10.1. The highest BCUT2D eigenvalue weighted by Gasteiger charge is 2.10. The number of hydrogen-bond donors (Lipinski definition) is 2. The van der Waals surface area contributed by atoms with Gasteiger partial charge in [-0.15, -0.1) is 35.3 Å². The second kappa shape index (κ2) is 11.7. The molecule has 2 rings (SSSR count). The van der Waals surface area contributed by atoms with Crippen LogP contribution in [0.2, 0.25) is 0 Å². The molecule has 2 N–H and O–H groups in total. The molecule has 156 valence electrons. The van der Waals surface area contributed by atoms with Gasteiger partial charge in [-0.1, -0.05) is 38.1 Å². The average molecular weight is 516 g/mol. The summed E-state index contributed by atoms with van der Waals surface area (Å²) in [7, 11) is 1.78. The Labute approximate surface area is 190 Å². The van der Waals surface area contributed by atoms with E-state index in [1.807, 2.05) is 0 Å². The van der Waals surface area contributed by atoms with Crippen molar-refractivity contribution in [3.8, 4) is 0 Å². The van der Waals surface area contributed by atoms with Crippen LogP contribution in [0.1, 0.15) is 62.4 Å². The highest BCUT2D eigenvalue weighted by atomic mass is 127. The minimum Gasteiger partial charge on any atom is -0.371 e. The molecule has 0 aliphatic heterocycles. The summed E-state index contributed by atoms with van der Waals surface area (Å²) in [5.74, 6) is 1.23. The number of hydrogen-bond acceptors (Lipinski definition) is 4. The molecule has 0 aliphatic carbocycles. The summed E-state index contributed by atoms with van der Waals surface area (Å²) in [5, 5.41) is 9.89. The number of guanidine groups is 1. The van der Waals surface area contributed by atoms with Crippen LogP contribution in [0.5, 0.6) is 0 Å². The van der Waals surface area contributed by atoms with Crippen molar-refractivity contribution >= 4 is 41.3 Å². The molecule has 5 nitrogen and oxygen atoms in total. The molecule has 0 saturated heterocycles. The molecule has 1 aromatic heterocycles. The molecular weight excluding hydrogens is 483 g/mol. The fourth-order valence-electron chi connectivity index (χ4n) is 2.37. The van der Waals surface area contributed by atoms with Crippen LogP contribution in [0.25, 0.3) is 0 Å². The Morgan fingerprint density at radius 1 is 1.18 bits per heavy atom. The number of nitrogens with one attached hydrogen (secondary N) is 2. The van der Waals surface area contributed by atoms with Crippen LogP contribution in [0, 0.1) is 0 Å². The Hall–Kier alpha value is -1.19. The van der Waals surface area contributed by atoms with E-state index in [-0.39, 0.29) is 29.6 Å². The molecule has 0 unspecified atom stereocenters. The zero-order valence-electron chi connectivity index (χ0n) is 17.7. The van der Waals surface area contributed by atoms with Crippen LogP contribution < -0.4 is 10.6 Å². The third kappa shape index (κ3) is 8.87. The molecule has 0 fully saturated rings. The highest BCUT2D eigenvalue weighted by molar-refractivity contribution is 14.0. The summed E-state index contributed by atoms with van der Waals surface area (Å²) < 4.78 is 5.86. The van der Waals surface area contributed by atoms with Gasteiger partial charge in [0.2, 0.25) is 0 Å². The number of ether oxygens (including phenoxy) is 1. The van der Waals surface area contributed by atoms with Crippen LogP contribution in [-0.4, -0.2) is 23.6 Å². The van der Waals surface area contributed by atoms with Crippen molar-refractivity contribution < 1.29 is 4.74 Å². The van der Waals surface area contributed by atoms with Gasteiger partial charge in [0.1, 0.15) is 5.01 Å². The van der Waals surface area contributed by atoms with Gasteiger partial charge in [-0.2, -0.15) is 0 Å². The van der Waals surface area contributed by atoms with Crippen molar-refractivity contribution in [2.45, 2.75) is 65.8 Å². The minimum atomic E-state index is -0.133. The Morgan fingerprint density at radius 3 is 2.46 bits per heavy atom. The van der Waals surface area contributed by atoms with Crippen LogP contribution in [0.3, 0.4) is 0 Å². The second-order valence-electron chi connectivity index (χ2n) is 7.82. The lowest BCUT2D eigenvalue weighted by Gasteiger charge is -2.19. The minimum absolute atomic E-state index is 0. The van der Waals surface area contributed by atoms with Crippen molar-refractivity contribution in [3.05, 3.63) is 51.5 Å². The smallest absolute Gasteiger partial charge is 0.191 e. The van der Waals surface area contributed by atoms with Crippen molar-refractivity contribution in [2.75, 3.05) is 7.05 Å². The fraction of sp³-hybridized carbons (Fsp3) is 0.524. The second-order valence-corrected chi connectivity index (χ2v) is 8.76. The molecular formula is C21H33IN4OS. The van der Waals surface area contributed by atoms with Crippen LogP contribution in [-0.2, 0) is 24.4 Å². The van der Waals surface area contributed by atoms with Crippen LogP contribution in [0.4, 0.5) is 0 Å². The third-order valence-electron chi connectivity index (χ3n) is 3.91. The lowest BCUT2D eigenvalue weighted by Crippen LogP contribution is -2.36. The number of aliphatic imine (C=N–C) groups is 1. The van der Waals surface area contributed by atoms with Gasteiger partial charge in [0.25, 0.3) is 0 Å². The number of aromatic nitrogens is 1. The SMILES string of the molecule is CN=C(NCc1cccc(COC(C)(C)C)c1)NCc1nc(C(C)C)cs1.I. The number of halogens is 1. The maximum absolute atomic E-state index is 5.86. The molecule has 1 heterocycles. The Kier molecular flexibility index (Phi) is 10.4. The molecule has 0 aliphatic rings. The number of benzene rings is 1. The summed E-state index contributed by atoms with van der Waals surface area (Å²) >= 11 is 1.68. The first kappa shape index (κ1) is 24.8. The summed E-state index contributed by atoms with van der Waals surface area (Å²) in [6.45, 7) is 12.5. The molecule has 0 bridgehead atoms. The molecule has 0 amide bonds. The average Bonchev–Trinajstić information content (AvgIpc) is 3.09. The van der Waals surface area contributed by atoms with Gasteiger partial charge in [0, 0.05) is 19.0 Å². The quantitative estimate of drug-likeness (QED) is 0.307. The van der Waals surface area contributed by atoms with Crippen LogP contribution >= 0.6 is 35.3 Å². The number of rotatable bonds is 7. The predicted octanol–water partition coefficient (Wildman–Crippen LogP) is 5.06. The van der Waals surface area contributed by atoms with Gasteiger partial charge in [-0.25, -0.2) is 4.98 Å². The van der Waals surface area contributed by atoms with Crippen molar-refractivity contribution in [1.29, 1.82) is 0 Å². The predicted molar refractivity (Wildman–Crippen MR) is 130 cm³/mol. The topological polar surface area (TPSA) is 58.5 Å². The van der Waals surface area contributed by atoms with E-state index in [0.29, 0.717) is 25.6 Å². The first-order chi connectivity index (χ1) is 12.8. The van der Waals surface area contributed by atoms with E-state index in [4.69, 9.17) is 4.74 Å². The maximum Gasteiger partial charge on any atom is 0.191 e. The highest BCUT2D eigenvalue weighted by Crippen LogP contribution is 2.17. The summed E-state index contributed by atoms with van der Waals surface area (Å²) in [6, 6.07) is 8.44. The van der Waals surface area contributed by atoms with E-state index in [9.17, 15) is 0 Å². The van der Waals surface area contributed by atoms with Gasteiger partial charge in [-0.05, 0) is 37.8 Å². The van der Waals surface area contributed by atoms with Crippen molar-refractivity contribution in [3.63, 3.8) is 0 Å². The van der Waals surface area contributed by atoms with Gasteiger partial charge in [0.15, 0.2) is 5.96 Å². The van der Waals surface area contributed by atoms with E-state index >= 15 is 0 Å². The Bertz CT molecular complexity index is 753. The van der Waals surface area contributed by atoms with E-state index in [1.165, 1.54) is 11.1 Å². The summed E-state index contributed by atoms with van der Waals surface area (Å²) in [6.07, 6.45) is 0. The van der Waals surface area contributed by atoms with Gasteiger partial charge < -0.3 is 15.4 Å². The van der Waals surface area contributed by atoms with E-state index in [1.54, 1.807) is 18.4 Å². The molecule has 0 saturated carbocycles. The van der Waals surface area contributed by atoms with E-state index in [2.05, 4.69) is 84.9 Å². The molecule has 7 heteroatoms. The maximum atomic E-state index is 5.86. The molecule has 28 heavy (non-hydrogen) atoms. The largest absolute Gasteiger partial charge is 0.371 e. The molecule has 0 radical (unpaired) electrons. The van der Waals surface area contributed by atoms with Gasteiger partial charge >= 0.3 is 0 Å². The first-order valence-electron chi connectivity index (χ1n) is 9.37. The molecule has 1 aromatic carbocycles. The Morgan fingerprint density at radius 2 is 1.86 bits per heavy atom. The normalized spacial score (nSPS) is 12.0. The summed E-state index contributed by atoms with van der Waals surface area (Å²) in [4.78, 5) is 8.94. The van der Waals surface area contributed by atoms with Crippen molar-refractivity contribution in [1.82, 2.24) is 15.6 Å². The molecule has 0 atom stereocenters. The molecule has 2 aromatic rings. The van der Waals surface area contributed by atoms with E-state index in [0.717, 1.165) is 16.7 Å². The van der Waals surface area contributed by atoms with Gasteiger partial charge in [-0.3, -0.25) is 4.99 Å². The number of nitrogens with zero attached hydrogens (tertiary/aromatic N) is 2. The number of thiazole rings is 1. The van der Waals surface area contributed by atoms with Crippen LogP contribution in [0.15, 0.2) is 34.6 Å². The standard InChI is InChI=1S/C21H32N4OS.HI/c1-15(2)18-14-27-19(25-18)12-24-20(22-6)23-11-16-8-7-9-17(10-16)13-26-21(3,4)5;/h7-10,14-15H,11-13H2,1-6H3,(H2,22,23,24);1H. The molecule has 0 spiro atoms. The lowest BCUT2D eigenvalue weighted by molar-refractivity contribution is -0.0149. The fourth-order valence-corrected chi connectivity index (χ4v) is 3.26.